The standard InChI is InChI=1S/C11H13FN2O4S/c12-9-1-2-11(14(15)16)10(5-9)13-6-8-3-4-19(17,18)7-8/h1-2,5,8,13H,3-4,6-7H2. The van der Waals surface area contributed by atoms with E-state index in [4.69, 9.17) is 0 Å². The SMILES string of the molecule is O=[N+]([O-])c1ccc(F)cc1NCC1CCS(=O)(=O)C1. The smallest absolute Gasteiger partial charge is 0.292 e. The molecule has 1 aromatic rings. The molecule has 0 aliphatic carbocycles. The molecule has 1 unspecified atom stereocenters. The van der Waals surface area contributed by atoms with Gasteiger partial charge in [0.25, 0.3) is 5.69 Å². The predicted octanol–water partition coefficient (Wildman–Crippen LogP) is 1.58. The molecule has 0 radical (unpaired) electrons. The molecule has 19 heavy (non-hydrogen) atoms. The summed E-state index contributed by atoms with van der Waals surface area (Å²) in [5, 5.41) is 13.5. The highest BCUT2D eigenvalue weighted by atomic mass is 32.2. The number of nitrogens with one attached hydrogen (secondary N) is 1. The summed E-state index contributed by atoms with van der Waals surface area (Å²) in [6.07, 6.45) is 0.526. The Bertz CT molecular complexity index is 603. The van der Waals surface area contributed by atoms with Crippen LogP contribution in [0.1, 0.15) is 6.42 Å². The zero-order valence-corrected chi connectivity index (χ0v) is 10.8. The second-order valence-electron chi connectivity index (χ2n) is 4.57. The largest absolute Gasteiger partial charge is 0.379 e. The molecule has 2 rings (SSSR count). The van der Waals surface area contributed by atoms with Crippen LogP contribution in [0.25, 0.3) is 0 Å². The third-order valence-electron chi connectivity index (χ3n) is 3.06. The summed E-state index contributed by atoms with van der Waals surface area (Å²) in [5.74, 6) is -0.451. The molecule has 0 bridgehead atoms. The number of sulfone groups is 1. The molecule has 8 heteroatoms. The lowest BCUT2D eigenvalue weighted by Gasteiger charge is -2.11. The van der Waals surface area contributed by atoms with Crippen LogP contribution >= 0.6 is 0 Å². The van der Waals surface area contributed by atoms with Crippen LogP contribution in [0, 0.1) is 21.8 Å². The zero-order chi connectivity index (χ0) is 14.0. The average molecular weight is 288 g/mol. The first-order valence-electron chi connectivity index (χ1n) is 5.75. The zero-order valence-electron chi connectivity index (χ0n) is 10.0. The molecule has 104 valence electrons. The van der Waals surface area contributed by atoms with Crippen LogP contribution in [0.2, 0.25) is 0 Å². The van der Waals surface area contributed by atoms with Crippen LogP contribution in [0.5, 0.6) is 0 Å². The molecular formula is C11H13FN2O4S. The summed E-state index contributed by atoms with van der Waals surface area (Å²) in [5.41, 5.74) is -0.142. The maximum absolute atomic E-state index is 13.1. The maximum Gasteiger partial charge on any atom is 0.292 e. The Morgan fingerprint density at radius 2 is 2.21 bits per heavy atom. The van der Waals surface area contributed by atoms with Crippen molar-refractivity contribution < 1.29 is 17.7 Å². The number of nitro benzene ring substituents is 1. The Balaban J connectivity index is 2.07. The van der Waals surface area contributed by atoms with Gasteiger partial charge in [-0.1, -0.05) is 0 Å². The van der Waals surface area contributed by atoms with E-state index in [1.54, 1.807) is 0 Å². The quantitative estimate of drug-likeness (QED) is 0.671. The van der Waals surface area contributed by atoms with Crippen LogP contribution in [-0.4, -0.2) is 31.4 Å². The summed E-state index contributed by atoms with van der Waals surface area (Å²) in [6, 6.07) is 3.15. The number of hydrogen-bond donors (Lipinski definition) is 1. The van der Waals surface area contributed by atoms with Crippen LogP contribution in [0.3, 0.4) is 0 Å². The van der Waals surface area contributed by atoms with Gasteiger partial charge in [0.2, 0.25) is 0 Å². The molecule has 1 atom stereocenters. The van der Waals surface area contributed by atoms with Crippen LogP contribution in [0.15, 0.2) is 18.2 Å². The van der Waals surface area contributed by atoms with Gasteiger partial charge < -0.3 is 5.32 Å². The minimum Gasteiger partial charge on any atom is -0.379 e. The molecule has 0 saturated carbocycles. The molecule has 1 aliphatic rings. The third kappa shape index (κ3) is 3.40. The van der Waals surface area contributed by atoms with Gasteiger partial charge in [0.05, 0.1) is 16.4 Å². The van der Waals surface area contributed by atoms with Gasteiger partial charge in [0, 0.05) is 18.7 Å². The van der Waals surface area contributed by atoms with Crippen LogP contribution < -0.4 is 5.32 Å². The van der Waals surface area contributed by atoms with Crippen LogP contribution in [-0.2, 0) is 9.84 Å². The number of hydrogen-bond acceptors (Lipinski definition) is 5. The monoisotopic (exact) mass is 288 g/mol. The Hall–Kier alpha value is -1.70. The van der Waals surface area contributed by atoms with Gasteiger partial charge >= 0.3 is 0 Å². The fraction of sp³-hybridized carbons (Fsp3) is 0.455. The topological polar surface area (TPSA) is 89.3 Å². The number of anilines is 1. The normalized spacial score (nSPS) is 21.2. The highest BCUT2D eigenvalue weighted by molar-refractivity contribution is 7.91. The number of halogens is 1. The predicted molar refractivity (Wildman–Crippen MR) is 68.3 cm³/mol. The minimum absolute atomic E-state index is 0.0725. The second kappa shape index (κ2) is 5.12. The number of rotatable bonds is 4. The number of benzene rings is 1. The van der Waals surface area contributed by atoms with E-state index in [-0.39, 0.29) is 35.3 Å². The van der Waals surface area contributed by atoms with Crippen molar-refractivity contribution in [2.75, 3.05) is 23.4 Å². The van der Waals surface area contributed by atoms with Gasteiger partial charge in [0.1, 0.15) is 11.5 Å². The summed E-state index contributed by atoms with van der Waals surface area (Å²) in [7, 11) is -2.98. The first kappa shape index (κ1) is 13.7. The minimum atomic E-state index is -2.98. The molecule has 1 fully saturated rings. The lowest BCUT2D eigenvalue weighted by atomic mass is 10.1. The van der Waals surface area contributed by atoms with E-state index in [0.717, 1.165) is 18.2 Å². The fourth-order valence-corrected chi connectivity index (χ4v) is 3.96. The molecule has 1 aliphatic heterocycles. The van der Waals surface area contributed by atoms with Crippen LogP contribution in [0.4, 0.5) is 15.8 Å². The molecule has 0 amide bonds. The number of nitrogens with zero attached hydrogens (tertiary/aromatic N) is 1. The van der Waals surface area contributed by atoms with E-state index in [9.17, 15) is 22.9 Å². The van der Waals surface area contributed by atoms with Crippen molar-refractivity contribution in [3.05, 3.63) is 34.1 Å². The maximum atomic E-state index is 13.1. The van der Waals surface area contributed by atoms with Gasteiger partial charge in [0.15, 0.2) is 9.84 Å². The number of nitro groups is 1. The van der Waals surface area contributed by atoms with Crippen molar-refractivity contribution in [2.24, 2.45) is 5.92 Å². The van der Waals surface area contributed by atoms with E-state index >= 15 is 0 Å². The van der Waals surface area contributed by atoms with E-state index in [1.165, 1.54) is 0 Å². The van der Waals surface area contributed by atoms with E-state index in [1.807, 2.05) is 0 Å². The Morgan fingerprint density at radius 3 is 2.79 bits per heavy atom. The van der Waals surface area contributed by atoms with Crippen molar-refractivity contribution in [1.29, 1.82) is 0 Å². The average Bonchev–Trinajstić information content (AvgIpc) is 2.66. The summed E-state index contributed by atoms with van der Waals surface area (Å²) in [4.78, 5) is 10.2. The van der Waals surface area contributed by atoms with Gasteiger partial charge in [-0.3, -0.25) is 10.1 Å². The van der Waals surface area contributed by atoms with Gasteiger partial charge in [-0.2, -0.15) is 0 Å². The summed E-state index contributed by atoms with van der Waals surface area (Å²) >= 11 is 0. The molecule has 6 nitrogen and oxygen atoms in total. The second-order valence-corrected chi connectivity index (χ2v) is 6.80. The lowest BCUT2D eigenvalue weighted by Crippen LogP contribution is -2.16. The van der Waals surface area contributed by atoms with Gasteiger partial charge in [-0.05, 0) is 18.4 Å². The van der Waals surface area contributed by atoms with Crippen molar-refractivity contribution in [3.63, 3.8) is 0 Å². The molecule has 0 aromatic heterocycles. The Labute approximate surface area is 109 Å². The lowest BCUT2D eigenvalue weighted by molar-refractivity contribution is -0.384. The van der Waals surface area contributed by atoms with Crippen molar-refractivity contribution in [1.82, 2.24) is 0 Å². The van der Waals surface area contributed by atoms with Crippen molar-refractivity contribution in [2.45, 2.75) is 6.42 Å². The Kier molecular flexibility index (Phi) is 3.70. The highest BCUT2D eigenvalue weighted by Gasteiger charge is 2.28. The molecule has 1 saturated heterocycles. The summed E-state index contributed by atoms with van der Waals surface area (Å²) in [6.45, 7) is 0.281. The molecule has 1 N–H and O–H groups in total. The molecule has 1 heterocycles. The first-order chi connectivity index (χ1) is 8.87. The molecule has 0 spiro atoms. The summed E-state index contributed by atoms with van der Waals surface area (Å²) < 4.78 is 35.6. The van der Waals surface area contributed by atoms with Crippen molar-refractivity contribution >= 4 is 21.2 Å². The van der Waals surface area contributed by atoms with E-state index in [0.29, 0.717) is 6.42 Å². The first-order valence-corrected chi connectivity index (χ1v) is 7.58. The Morgan fingerprint density at radius 1 is 1.47 bits per heavy atom. The fourth-order valence-electron chi connectivity index (χ4n) is 2.10. The van der Waals surface area contributed by atoms with Gasteiger partial charge in [-0.15, -0.1) is 0 Å². The highest BCUT2D eigenvalue weighted by Crippen LogP contribution is 2.26. The van der Waals surface area contributed by atoms with E-state index in [2.05, 4.69) is 5.32 Å². The molecular weight excluding hydrogens is 275 g/mol. The van der Waals surface area contributed by atoms with Gasteiger partial charge in [-0.25, -0.2) is 12.8 Å². The van der Waals surface area contributed by atoms with E-state index < -0.39 is 20.6 Å². The molecule has 1 aromatic carbocycles. The van der Waals surface area contributed by atoms with Crippen molar-refractivity contribution in [3.8, 4) is 0 Å². The third-order valence-corrected chi connectivity index (χ3v) is 4.90.